The van der Waals surface area contributed by atoms with Crippen LogP contribution < -0.4 is 10.6 Å². The Labute approximate surface area is 127 Å². The maximum absolute atomic E-state index is 9.59. The summed E-state index contributed by atoms with van der Waals surface area (Å²) in [4.78, 5) is 2.20. The number of hydrogen-bond acceptors (Lipinski definition) is 5. The van der Waals surface area contributed by atoms with Gasteiger partial charge in [0.1, 0.15) is 11.6 Å². The van der Waals surface area contributed by atoms with Crippen LogP contribution in [0.25, 0.3) is 0 Å². The minimum Gasteiger partial charge on any atom is -0.354 e. The molecule has 1 aliphatic rings. The third kappa shape index (κ3) is 3.16. The molecule has 1 fully saturated rings. The standard InChI is InChI=1S/C16H25N5/c1-4-13-14(9-17)16(20-19-15(13)5-2)21-8-6-7-12(10-21)11(3)18/h11-12H,4-8,10,18H2,1-3H3. The van der Waals surface area contributed by atoms with Crippen molar-refractivity contribution >= 4 is 5.82 Å². The number of hydrogen-bond donors (Lipinski definition) is 1. The van der Waals surface area contributed by atoms with E-state index in [0.717, 1.165) is 55.8 Å². The van der Waals surface area contributed by atoms with Gasteiger partial charge in [0, 0.05) is 19.1 Å². The average Bonchev–Trinajstić information content (AvgIpc) is 2.53. The molecule has 2 heterocycles. The lowest BCUT2D eigenvalue weighted by molar-refractivity contribution is 0.362. The van der Waals surface area contributed by atoms with Crippen molar-refractivity contribution in [1.29, 1.82) is 5.26 Å². The second-order valence-corrected chi connectivity index (χ2v) is 5.85. The van der Waals surface area contributed by atoms with E-state index in [4.69, 9.17) is 5.73 Å². The summed E-state index contributed by atoms with van der Waals surface area (Å²) < 4.78 is 0. The molecule has 1 aromatic rings. The normalized spacial score (nSPS) is 20.1. The first-order valence-corrected chi connectivity index (χ1v) is 7.91. The highest BCUT2D eigenvalue weighted by Gasteiger charge is 2.26. The first-order chi connectivity index (χ1) is 10.1. The van der Waals surface area contributed by atoms with E-state index < -0.39 is 0 Å². The molecule has 2 unspecified atom stereocenters. The minimum atomic E-state index is 0.173. The average molecular weight is 287 g/mol. The molecule has 2 N–H and O–H groups in total. The topological polar surface area (TPSA) is 78.8 Å². The van der Waals surface area contributed by atoms with Crippen LogP contribution in [0.15, 0.2) is 0 Å². The third-order valence-corrected chi connectivity index (χ3v) is 4.44. The smallest absolute Gasteiger partial charge is 0.169 e. The minimum absolute atomic E-state index is 0.173. The maximum Gasteiger partial charge on any atom is 0.169 e. The lowest BCUT2D eigenvalue weighted by atomic mass is 9.91. The first kappa shape index (κ1) is 15.7. The summed E-state index contributed by atoms with van der Waals surface area (Å²) in [6, 6.07) is 2.53. The highest BCUT2D eigenvalue weighted by Crippen LogP contribution is 2.28. The van der Waals surface area contributed by atoms with E-state index in [0.29, 0.717) is 11.5 Å². The van der Waals surface area contributed by atoms with Crippen molar-refractivity contribution in [1.82, 2.24) is 10.2 Å². The van der Waals surface area contributed by atoms with Crippen molar-refractivity contribution in [2.24, 2.45) is 11.7 Å². The van der Waals surface area contributed by atoms with E-state index in [9.17, 15) is 5.26 Å². The summed E-state index contributed by atoms with van der Waals surface area (Å²) in [7, 11) is 0. The molecular formula is C16H25N5. The van der Waals surface area contributed by atoms with Gasteiger partial charge in [-0.1, -0.05) is 13.8 Å². The highest BCUT2D eigenvalue weighted by atomic mass is 15.3. The lowest BCUT2D eigenvalue weighted by Crippen LogP contribution is -2.43. The van der Waals surface area contributed by atoms with Crippen molar-refractivity contribution in [2.75, 3.05) is 18.0 Å². The largest absolute Gasteiger partial charge is 0.354 e. The van der Waals surface area contributed by atoms with E-state index in [-0.39, 0.29) is 6.04 Å². The van der Waals surface area contributed by atoms with Crippen molar-refractivity contribution in [2.45, 2.75) is 52.5 Å². The van der Waals surface area contributed by atoms with Gasteiger partial charge in [0.05, 0.1) is 5.69 Å². The molecule has 1 aromatic heterocycles. The molecule has 0 aromatic carbocycles. The summed E-state index contributed by atoms with van der Waals surface area (Å²) in [5, 5.41) is 18.3. The summed E-state index contributed by atoms with van der Waals surface area (Å²) in [6.07, 6.45) is 3.87. The molecule has 1 saturated heterocycles. The van der Waals surface area contributed by atoms with Gasteiger partial charge in [0.15, 0.2) is 5.82 Å². The molecule has 0 aliphatic carbocycles. The van der Waals surface area contributed by atoms with Gasteiger partial charge in [-0.25, -0.2) is 0 Å². The Balaban J connectivity index is 2.37. The van der Waals surface area contributed by atoms with Crippen LogP contribution in [0.1, 0.15) is 50.4 Å². The molecule has 0 saturated carbocycles. The molecule has 0 spiro atoms. The zero-order chi connectivity index (χ0) is 15.4. The summed E-state index contributed by atoms with van der Waals surface area (Å²) >= 11 is 0. The molecule has 2 atom stereocenters. The van der Waals surface area contributed by atoms with Crippen LogP contribution in [0, 0.1) is 17.2 Å². The highest BCUT2D eigenvalue weighted by molar-refractivity contribution is 5.58. The van der Waals surface area contributed by atoms with Crippen LogP contribution in [0.3, 0.4) is 0 Å². The fraction of sp³-hybridized carbons (Fsp3) is 0.688. The number of nitrogens with two attached hydrogens (primary N) is 1. The second kappa shape index (κ2) is 6.86. The lowest BCUT2D eigenvalue weighted by Gasteiger charge is -2.35. The van der Waals surface area contributed by atoms with Crippen molar-refractivity contribution in [3.05, 3.63) is 16.8 Å². The van der Waals surface area contributed by atoms with E-state index in [1.54, 1.807) is 0 Å². The predicted octanol–water partition coefficient (Wildman–Crippen LogP) is 2.04. The SMILES string of the molecule is CCc1nnc(N2CCCC(C(C)N)C2)c(C#N)c1CC. The van der Waals surface area contributed by atoms with E-state index in [1.165, 1.54) is 0 Å². The molecule has 1 aliphatic heterocycles. The van der Waals surface area contributed by atoms with Gasteiger partial charge < -0.3 is 10.6 Å². The fourth-order valence-electron chi connectivity index (χ4n) is 3.13. The monoisotopic (exact) mass is 287 g/mol. The fourth-order valence-corrected chi connectivity index (χ4v) is 3.13. The summed E-state index contributed by atoms with van der Waals surface area (Å²) in [5.41, 5.74) is 8.75. The number of piperidine rings is 1. The zero-order valence-corrected chi connectivity index (χ0v) is 13.3. The van der Waals surface area contributed by atoms with Crippen LogP contribution >= 0.6 is 0 Å². The van der Waals surface area contributed by atoms with Gasteiger partial charge in [-0.2, -0.15) is 10.4 Å². The van der Waals surface area contributed by atoms with E-state index in [1.807, 2.05) is 0 Å². The molecule has 2 rings (SSSR count). The molecule has 0 bridgehead atoms. The first-order valence-electron chi connectivity index (χ1n) is 7.91. The van der Waals surface area contributed by atoms with Gasteiger partial charge >= 0.3 is 0 Å². The number of aryl methyl sites for hydroxylation is 1. The molecule has 0 radical (unpaired) electrons. The Morgan fingerprint density at radius 1 is 1.38 bits per heavy atom. The van der Waals surface area contributed by atoms with Crippen LogP contribution in [0.4, 0.5) is 5.82 Å². The van der Waals surface area contributed by atoms with E-state index >= 15 is 0 Å². The van der Waals surface area contributed by atoms with Crippen LogP contribution in [-0.4, -0.2) is 29.3 Å². The number of rotatable bonds is 4. The Hall–Kier alpha value is -1.67. The maximum atomic E-state index is 9.59. The Kier molecular flexibility index (Phi) is 5.13. The molecule has 5 heteroatoms. The van der Waals surface area contributed by atoms with Gasteiger partial charge in [-0.15, -0.1) is 5.10 Å². The number of nitriles is 1. The summed E-state index contributed by atoms with van der Waals surface area (Å²) in [5.74, 6) is 1.21. The van der Waals surface area contributed by atoms with E-state index in [2.05, 4.69) is 41.9 Å². The molecule has 21 heavy (non-hydrogen) atoms. The second-order valence-electron chi connectivity index (χ2n) is 5.85. The predicted molar refractivity (Wildman–Crippen MR) is 84.1 cm³/mol. The zero-order valence-electron chi connectivity index (χ0n) is 13.3. The number of nitrogens with zero attached hydrogens (tertiary/aromatic N) is 4. The summed E-state index contributed by atoms with van der Waals surface area (Å²) in [6.45, 7) is 7.98. The van der Waals surface area contributed by atoms with Gasteiger partial charge in [0.25, 0.3) is 0 Å². The Morgan fingerprint density at radius 2 is 2.14 bits per heavy atom. The Morgan fingerprint density at radius 3 is 2.71 bits per heavy atom. The molecule has 114 valence electrons. The van der Waals surface area contributed by atoms with Gasteiger partial charge in [0.2, 0.25) is 0 Å². The number of anilines is 1. The quantitative estimate of drug-likeness (QED) is 0.916. The third-order valence-electron chi connectivity index (χ3n) is 4.44. The molecule has 5 nitrogen and oxygen atoms in total. The van der Waals surface area contributed by atoms with Crippen molar-refractivity contribution in [3.8, 4) is 6.07 Å². The van der Waals surface area contributed by atoms with Crippen molar-refractivity contribution in [3.63, 3.8) is 0 Å². The van der Waals surface area contributed by atoms with Gasteiger partial charge in [-0.05, 0) is 44.1 Å². The van der Waals surface area contributed by atoms with Crippen LogP contribution in [0.2, 0.25) is 0 Å². The van der Waals surface area contributed by atoms with Crippen LogP contribution in [0.5, 0.6) is 0 Å². The van der Waals surface area contributed by atoms with Crippen LogP contribution in [-0.2, 0) is 12.8 Å². The molecular weight excluding hydrogens is 262 g/mol. The van der Waals surface area contributed by atoms with Gasteiger partial charge in [-0.3, -0.25) is 0 Å². The van der Waals surface area contributed by atoms with Crippen molar-refractivity contribution < 1.29 is 0 Å². The molecule has 0 amide bonds. The number of aromatic nitrogens is 2. The Bertz CT molecular complexity index is 532.